The molecule has 1 fully saturated rings. The molecule has 0 aromatic heterocycles. The summed E-state index contributed by atoms with van der Waals surface area (Å²) in [6.07, 6.45) is -2.06. The van der Waals surface area contributed by atoms with Crippen LogP contribution in [-0.4, -0.2) is 12.0 Å². The Bertz CT molecular complexity index is 245. The van der Waals surface area contributed by atoms with Gasteiger partial charge < -0.3 is 0 Å². The summed E-state index contributed by atoms with van der Waals surface area (Å²) in [5, 5.41) is 0. The maximum Gasteiger partial charge on any atom is 0.392 e. The smallest absolute Gasteiger partial charge is 0.299 e. The van der Waals surface area contributed by atoms with Crippen molar-refractivity contribution in [1.29, 1.82) is 0 Å². The van der Waals surface area contributed by atoms with Gasteiger partial charge in [-0.05, 0) is 18.8 Å². The van der Waals surface area contributed by atoms with E-state index in [0.29, 0.717) is 12.8 Å². The van der Waals surface area contributed by atoms with Gasteiger partial charge in [0, 0.05) is 12.3 Å². The fourth-order valence-electron chi connectivity index (χ4n) is 2.46. The number of rotatable bonds is 3. The summed E-state index contributed by atoms with van der Waals surface area (Å²) in [6.45, 7) is 3.73. The SMILES string of the molecule is CC(C)CC(=O)C1CCCCC1C(F)(F)F. The Morgan fingerprint density at radius 2 is 1.81 bits per heavy atom. The molecule has 0 radical (unpaired) electrons. The second-order valence-electron chi connectivity index (χ2n) is 5.10. The molecule has 0 aromatic rings. The molecule has 1 nitrogen and oxygen atoms in total. The van der Waals surface area contributed by atoms with E-state index in [2.05, 4.69) is 0 Å². The molecule has 0 aromatic carbocycles. The third kappa shape index (κ3) is 3.49. The first-order valence-electron chi connectivity index (χ1n) is 5.91. The van der Waals surface area contributed by atoms with Crippen LogP contribution in [0.1, 0.15) is 46.0 Å². The highest BCUT2D eigenvalue weighted by Gasteiger charge is 2.47. The number of hydrogen-bond acceptors (Lipinski definition) is 1. The largest absolute Gasteiger partial charge is 0.392 e. The topological polar surface area (TPSA) is 17.1 Å². The normalized spacial score (nSPS) is 27.1. The van der Waals surface area contributed by atoms with Crippen LogP contribution in [0.15, 0.2) is 0 Å². The highest BCUT2D eigenvalue weighted by molar-refractivity contribution is 5.81. The van der Waals surface area contributed by atoms with E-state index in [-0.39, 0.29) is 24.5 Å². The molecule has 0 heterocycles. The third-order valence-corrected chi connectivity index (χ3v) is 3.21. The van der Waals surface area contributed by atoms with Gasteiger partial charge in [0.05, 0.1) is 5.92 Å². The first kappa shape index (κ1) is 13.5. The number of hydrogen-bond donors (Lipinski definition) is 0. The van der Waals surface area contributed by atoms with Gasteiger partial charge in [0.15, 0.2) is 0 Å². The summed E-state index contributed by atoms with van der Waals surface area (Å²) in [5.74, 6) is -2.23. The van der Waals surface area contributed by atoms with Crippen molar-refractivity contribution in [3.8, 4) is 0 Å². The van der Waals surface area contributed by atoms with Crippen molar-refractivity contribution >= 4 is 5.78 Å². The fourth-order valence-corrected chi connectivity index (χ4v) is 2.46. The lowest BCUT2D eigenvalue weighted by molar-refractivity contribution is -0.197. The van der Waals surface area contributed by atoms with Crippen molar-refractivity contribution in [2.45, 2.75) is 52.1 Å². The summed E-state index contributed by atoms with van der Waals surface area (Å²) in [5.41, 5.74) is 0. The van der Waals surface area contributed by atoms with Gasteiger partial charge in [-0.15, -0.1) is 0 Å². The number of halogens is 3. The van der Waals surface area contributed by atoms with E-state index in [4.69, 9.17) is 0 Å². The highest BCUT2D eigenvalue weighted by Crippen LogP contribution is 2.42. The summed E-state index contributed by atoms with van der Waals surface area (Å²) in [6, 6.07) is 0. The Morgan fingerprint density at radius 3 is 2.31 bits per heavy atom. The van der Waals surface area contributed by atoms with Gasteiger partial charge in [0.2, 0.25) is 0 Å². The van der Waals surface area contributed by atoms with E-state index in [9.17, 15) is 18.0 Å². The molecule has 2 unspecified atom stereocenters. The van der Waals surface area contributed by atoms with Gasteiger partial charge in [-0.25, -0.2) is 0 Å². The Kier molecular flexibility index (Phi) is 4.39. The van der Waals surface area contributed by atoms with Crippen molar-refractivity contribution < 1.29 is 18.0 Å². The second kappa shape index (κ2) is 5.19. The highest BCUT2D eigenvalue weighted by atomic mass is 19.4. The molecule has 1 saturated carbocycles. The molecular formula is C12H19F3O. The van der Waals surface area contributed by atoms with Crippen molar-refractivity contribution in [2.24, 2.45) is 17.8 Å². The van der Waals surface area contributed by atoms with Crippen molar-refractivity contribution in [2.75, 3.05) is 0 Å². The molecule has 16 heavy (non-hydrogen) atoms. The molecule has 0 bridgehead atoms. The Balaban J connectivity index is 2.70. The van der Waals surface area contributed by atoms with Crippen LogP contribution >= 0.6 is 0 Å². The van der Waals surface area contributed by atoms with E-state index in [1.165, 1.54) is 0 Å². The zero-order valence-corrected chi connectivity index (χ0v) is 9.81. The van der Waals surface area contributed by atoms with Crippen LogP contribution in [0.2, 0.25) is 0 Å². The second-order valence-corrected chi connectivity index (χ2v) is 5.10. The van der Waals surface area contributed by atoms with Gasteiger partial charge >= 0.3 is 6.18 Å². The Labute approximate surface area is 94.4 Å². The van der Waals surface area contributed by atoms with Gasteiger partial charge in [-0.1, -0.05) is 26.7 Å². The van der Waals surface area contributed by atoms with Crippen LogP contribution in [0.3, 0.4) is 0 Å². The number of carbonyl (C=O) groups excluding carboxylic acids is 1. The van der Waals surface area contributed by atoms with Crippen molar-refractivity contribution in [1.82, 2.24) is 0 Å². The van der Waals surface area contributed by atoms with Gasteiger partial charge in [0.25, 0.3) is 0 Å². The summed E-state index contributed by atoms with van der Waals surface area (Å²) >= 11 is 0. The van der Waals surface area contributed by atoms with Gasteiger partial charge in [0.1, 0.15) is 5.78 Å². The maximum atomic E-state index is 12.7. The van der Waals surface area contributed by atoms with E-state index >= 15 is 0 Å². The average molecular weight is 236 g/mol. The quantitative estimate of drug-likeness (QED) is 0.724. The lowest BCUT2D eigenvalue weighted by atomic mass is 9.75. The zero-order valence-electron chi connectivity index (χ0n) is 9.81. The van der Waals surface area contributed by atoms with E-state index in [0.717, 1.165) is 6.42 Å². The van der Waals surface area contributed by atoms with Crippen LogP contribution in [0.4, 0.5) is 13.2 Å². The van der Waals surface area contributed by atoms with Crippen LogP contribution in [0, 0.1) is 17.8 Å². The minimum absolute atomic E-state index is 0.123. The molecule has 2 atom stereocenters. The van der Waals surface area contributed by atoms with Crippen LogP contribution < -0.4 is 0 Å². The van der Waals surface area contributed by atoms with E-state index in [1.807, 2.05) is 13.8 Å². The molecule has 0 aliphatic heterocycles. The molecule has 1 aliphatic carbocycles. The third-order valence-electron chi connectivity index (χ3n) is 3.21. The van der Waals surface area contributed by atoms with Gasteiger partial charge in [-0.2, -0.15) is 13.2 Å². The molecular weight excluding hydrogens is 217 g/mol. The van der Waals surface area contributed by atoms with Crippen molar-refractivity contribution in [3.05, 3.63) is 0 Å². The summed E-state index contributed by atoms with van der Waals surface area (Å²) in [4.78, 5) is 11.8. The first-order chi connectivity index (χ1) is 7.32. The van der Waals surface area contributed by atoms with Gasteiger partial charge in [-0.3, -0.25) is 4.79 Å². The predicted molar refractivity (Wildman–Crippen MR) is 56.0 cm³/mol. The predicted octanol–water partition coefficient (Wildman–Crippen LogP) is 3.97. The van der Waals surface area contributed by atoms with Crippen molar-refractivity contribution in [3.63, 3.8) is 0 Å². The molecule has 1 rings (SSSR count). The van der Waals surface area contributed by atoms with Crippen LogP contribution in [0.25, 0.3) is 0 Å². The average Bonchev–Trinajstić information content (AvgIpc) is 2.15. The number of ketones is 1. The summed E-state index contributed by atoms with van der Waals surface area (Å²) in [7, 11) is 0. The molecule has 94 valence electrons. The first-order valence-corrected chi connectivity index (χ1v) is 5.91. The molecule has 0 spiro atoms. The zero-order chi connectivity index (χ0) is 12.3. The minimum atomic E-state index is -4.21. The molecule has 0 N–H and O–H groups in total. The Hall–Kier alpha value is -0.540. The maximum absolute atomic E-state index is 12.7. The van der Waals surface area contributed by atoms with E-state index in [1.54, 1.807) is 0 Å². The molecule has 0 amide bonds. The molecule has 1 aliphatic rings. The molecule has 4 heteroatoms. The number of alkyl halides is 3. The van der Waals surface area contributed by atoms with Crippen LogP contribution in [0.5, 0.6) is 0 Å². The summed E-state index contributed by atoms with van der Waals surface area (Å²) < 4.78 is 38.2. The molecule has 0 saturated heterocycles. The van der Waals surface area contributed by atoms with E-state index < -0.39 is 18.0 Å². The Morgan fingerprint density at radius 1 is 1.25 bits per heavy atom. The standard InChI is InChI=1S/C12H19F3O/c1-8(2)7-11(16)9-5-3-4-6-10(9)12(13,14)15/h8-10H,3-7H2,1-2H3. The number of carbonyl (C=O) groups is 1. The fraction of sp³-hybridized carbons (Fsp3) is 0.917. The lowest BCUT2D eigenvalue weighted by Crippen LogP contribution is -2.37. The lowest BCUT2D eigenvalue weighted by Gasteiger charge is -2.32. The monoisotopic (exact) mass is 236 g/mol. The number of Topliss-reactive ketones (excluding diaryl/α,β-unsaturated/α-hetero) is 1. The van der Waals surface area contributed by atoms with Crippen LogP contribution in [-0.2, 0) is 4.79 Å². The minimum Gasteiger partial charge on any atom is -0.299 e.